The maximum atomic E-state index is 13.7. The fourth-order valence-electron chi connectivity index (χ4n) is 5.74. The molecule has 1 aromatic heterocycles. The van der Waals surface area contributed by atoms with Crippen molar-refractivity contribution >= 4 is 11.6 Å². The fourth-order valence-corrected chi connectivity index (χ4v) is 5.74. The Morgan fingerprint density at radius 1 is 1.00 bits per heavy atom. The maximum absolute atomic E-state index is 13.7. The third-order valence-corrected chi connectivity index (χ3v) is 8.15. The minimum atomic E-state index is -0.176. The molecule has 5 N–H and O–H groups in total. The summed E-state index contributed by atoms with van der Waals surface area (Å²) < 4.78 is 5.64. The highest BCUT2D eigenvalue weighted by molar-refractivity contribution is 5.99. The van der Waals surface area contributed by atoms with E-state index >= 15 is 0 Å². The lowest BCUT2D eigenvalue weighted by atomic mass is 9.94. The average molecular weight is 590 g/mol. The van der Waals surface area contributed by atoms with E-state index in [-0.39, 0.29) is 18.0 Å². The smallest absolute Gasteiger partial charge is 0.253 e. The van der Waals surface area contributed by atoms with Crippen molar-refractivity contribution in [1.29, 1.82) is 0 Å². The number of carbonyl (C=O) groups excluding carboxylic acids is 1. The molecular weight excluding hydrogens is 538 g/mol. The van der Waals surface area contributed by atoms with Crippen molar-refractivity contribution in [3.63, 3.8) is 0 Å². The van der Waals surface area contributed by atoms with Gasteiger partial charge in [-0.05, 0) is 107 Å². The van der Waals surface area contributed by atoms with Crippen molar-refractivity contribution < 1.29 is 9.53 Å². The second kappa shape index (κ2) is 17.0. The van der Waals surface area contributed by atoms with Gasteiger partial charge >= 0.3 is 0 Å². The first-order valence-corrected chi connectivity index (χ1v) is 15.7. The van der Waals surface area contributed by atoms with Gasteiger partial charge in [-0.3, -0.25) is 9.59 Å². The van der Waals surface area contributed by atoms with Gasteiger partial charge in [0.2, 0.25) is 0 Å². The Hall–Kier alpha value is -3.46. The lowest BCUT2D eigenvalue weighted by molar-refractivity contribution is 0.0846. The summed E-state index contributed by atoms with van der Waals surface area (Å²) in [4.78, 5) is 31.6. The molecule has 0 bridgehead atoms. The Kier molecular flexibility index (Phi) is 13.4. The van der Waals surface area contributed by atoms with Gasteiger partial charge in [0, 0.05) is 61.4 Å². The third kappa shape index (κ3) is 9.02. The number of pyridine rings is 1. The fraction of sp³-hybridized carbons (Fsp3) is 0.486. The molecule has 0 unspecified atom stereocenters. The van der Waals surface area contributed by atoms with Gasteiger partial charge < -0.3 is 31.0 Å². The van der Waals surface area contributed by atoms with Gasteiger partial charge in [-0.15, -0.1) is 0 Å². The highest BCUT2D eigenvalue weighted by Crippen LogP contribution is 2.34. The summed E-state index contributed by atoms with van der Waals surface area (Å²) in [7, 11) is 1.50. The van der Waals surface area contributed by atoms with Crippen LogP contribution in [-0.2, 0) is 17.8 Å². The number of hydrogen-bond acceptors (Lipinski definition) is 6. The van der Waals surface area contributed by atoms with E-state index in [0.29, 0.717) is 17.2 Å². The van der Waals surface area contributed by atoms with Crippen LogP contribution in [0.4, 0.5) is 5.69 Å². The summed E-state index contributed by atoms with van der Waals surface area (Å²) in [6.07, 6.45) is 4.29. The van der Waals surface area contributed by atoms with Gasteiger partial charge in [0.1, 0.15) is 0 Å². The molecule has 3 aromatic rings. The number of aromatic amines is 1. The Morgan fingerprint density at radius 3 is 2.33 bits per heavy atom. The SMILES string of the molecule is CCCCNCc1ccc(-c2cc(C(=O)NCc3c(C)cc(C)[nH]c3=O)c(C)c(N(CC)C3CCOCC3)c2)cc1.CN. The topological polar surface area (TPSA) is 112 Å². The molecule has 4 rings (SSSR count). The number of hydrogen-bond donors (Lipinski definition) is 4. The van der Waals surface area contributed by atoms with E-state index in [4.69, 9.17) is 4.74 Å². The van der Waals surface area contributed by atoms with Crippen LogP contribution >= 0.6 is 0 Å². The lowest BCUT2D eigenvalue weighted by Crippen LogP contribution is -2.40. The predicted molar refractivity (Wildman–Crippen MR) is 178 cm³/mol. The number of nitrogens with two attached hydrogens (primary N) is 1. The number of rotatable bonds is 12. The zero-order valence-corrected chi connectivity index (χ0v) is 26.9. The van der Waals surface area contributed by atoms with Crippen LogP contribution in [-0.4, -0.2) is 50.3 Å². The first-order valence-electron chi connectivity index (χ1n) is 15.7. The maximum Gasteiger partial charge on any atom is 0.253 e. The van der Waals surface area contributed by atoms with Crippen LogP contribution in [0.5, 0.6) is 0 Å². The summed E-state index contributed by atoms with van der Waals surface area (Å²) in [6, 6.07) is 15.1. The molecule has 0 spiro atoms. The van der Waals surface area contributed by atoms with Crippen LogP contribution < -0.4 is 26.8 Å². The van der Waals surface area contributed by atoms with Crippen molar-refractivity contribution in [3.8, 4) is 11.1 Å². The number of benzene rings is 2. The Morgan fingerprint density at radius 2 is 1.70 bits per heavy atom. The van der Waals surface area contributed by atoms with Crippen molar-refractivity contribution in [2.45, 2.75) is 79.4 Å². The van der Waals surface area contributed by atoms with Crippen LogP contribution in [0.15, 0.2) is 47.3 Å². The van der Waals surface area contributed by atoms with Crippen molar-refractivity contribution in [3.05, 3.63) is 86.3 Å². The van der Waals surface area contributed by atoms with Crippen LogP contribution in [0.3, 0.4) is 0 Å². The van der Waals surface area contributed by atoms with E-state index in [2.05, 4.69) is 70.4 Å². The molecule has 0 aliphatic carbocycles. The number of H-pyrrole nitrogens is 1. The molecule has 1 saturated heterocycles. The van der Waals surface area contributed by atoms with E-state index in [1.54, 1.807) is 0 Å². The van der Waals surface area contributed by atoms with E-state index < -0.39 is 0 Å². The highest BCUT2D eigenvalue weighted by atomic mass is 16.5. The second-order valence-corrected chi connectivity index (χ2v) is 11.2. The summed E-state index contributed by atoms with van der Waals surface area (Å²) >= 11 is 0. The summed E-state index contributed by atoms with van der Waals surface area (Å²) in [5.74, 6) is -0.176. The molecule has 8 heteroatoms. The molecule has 0 radical (unpaired) electrons. The van der Waals surface area contributed by atoms with Gasteiger partial charge in [-0.1, -0.05) is 37.6 Å². The van der Waals surface area contributed by atoms with Crippen molar-refractivity contribution in [2.24, 2.45) is 5.73 Å². The second-order valence-electron chi connectivity index (χ2n) is 11.2. The number of amides is 1. The number of nitrogens with zero attached hydrogens (tertiary/aromatic N) is 1. The zero-order chi connectivity index (χ0) is 31.4. The largest absolute Gasteiger partial charge is 0.381 e. The normalized spacial score (nSPS) is 13.3. The number of nitrogens with one attached hydrogen (secondary N) is 3. The molecule has 43 heavy (non-hydrogen) atoms. The highest BCUT2D eigenvalue weighted by Gasteiger charge is 2.25. The number of ether oxygens (including phenoxy) is 1. The van der Waals surface area contributed by atoms with Gasteiger partial charge in [-0.25, -0.2) is 0 Å². The minimum Gasteiger partial charge on any atom is -0.381 e. The molecule has 1 fully saturated rings. The number of unbranched alkanes of at least 4 members (excludes halogenated alkanes) is 1. The quantitative estimate of drug-likeness (QED) is 0.212. The Bertz CT molecular complexity index is 1380. The van der Waals surface area contributed by atoms with Gasteiger partial charge in [0.05, 0.1) is 0 Å². The molecule has 1 aliphatic rings. The number of anilines is 1. The number of aryl methyl sites for hydroxylation is 2. The molecule has 1 amide bonds. The third-order valence-electron chi connectivity index (χ3n) is 8.15. The van der Waals surface area contributed by atoms with Gasteiger partial charge in [-0.2, -0.15) is 0 Å². The minimum absolute atomic E-state index is 0.157. The van der Waals surface area contributed by atoms with Crippen molar-refractivity contribution in [1.82, 2.24) is 15.6 Å². The van der Waals surface area contributed by atoms with Crippen molar-refractivity contribution in [2.75, 3.05) is 38.3 Å². The van der Waals surface area contributed by atoms with E-state index in [1.165, 1.54) is 25.5 Å². The summed E-state index contributed by atoms with van der Waals surface area (Å²) in [6.45, 7) is 14.6. The summed E-state index contributed by atoms with van der Waals surface area (Å²) in [5.41, 5.74) is 12.6. The van der Waals surface area contributed by atoms with E-state index in [1.807, 2.05) is 32.9 Å². The molecular formula is C35H51N5O3. The van der Waals surface area contributed by atoms with Crippen LogP contribution in [0, 0.1) is 20.8 Å². The molecule has 234 valence electrons. The van der Waals surface area contributed by atoms with E-state index in [0.717, 1.165) is 79.3 Å². The summed E-state index contributed by atoms with van der Waals surface area (Å²) in [5, 5.41) is 6.54. The lowest BCUT2D eigenvalue weighted by Gasteiger charge is -2.37. The Labute approximate surface area is 257 Å². The number of carbonyl (C=O) groups is 1. The first-order chi connectivity index (χ1) is 20.8. The molecule has 2 aromatic carbocycles. The predicted octanol–water partition coefficient (Wildman–Crippen LogP) is 5.37. The van der Waals surface area contributed by atoms with Crippen LogP contribution in [0.2, 0.25) is 0 Å². The number of aromatic nitrogens is 1. The standard InChI is InChI=1S/C34H46N4O3.CH5N/c1-6-8-15-35-21-26-9-11-27(12-10-26)28-19-30(33(39)36-22-31-23(3)18-24(4)37-34(31)40)25(5)32(20-28)38(7-2)29-13-16-41-17-14-29;1-2/h9-12,18-20,29,35H,6-8,13-17,21-22H2,1-5H3,(H,36,39)(H,37,40);2H2,1H3. The molecule has 0 saturated carbocycles. The zero-order valence-electron chi connectivity index (χ0n) is 26.9. The molecule has 1 aliphatic heterocycles. The molecule has 0 atom stereocenters. The first kappa shape index (κ1) is 34.0. The van der Waals surface area contributed by atoms with E-state index in [9.17, 15) is 9.59 Å². The monoisotopic (exact) mass is 589 g/mol. The molecule has 8 nitrogen and oxygen atoms in total. The molecule has 2 heterocycles. The van der Waals surface area contributed by atoms with Crippen LogP contribution in [0.1, 0.15) is 77.8 Å². The van der Waals surface area contributed by atoms with Gasteiger partial charge in [0.15, 0.2) is 0 Å². The van der Waals surface area contributed by atoms with Crippen LogP contribution in [0.25, 0.3) is 11.1 Å². The van der Waals surface area contributed by atoms with Gasteiger partial charge in [0.25, 0.3) is 11.5 Å². The Balaban J connectivity index is 0.00000248. The average Bonchev–Trinajstić information content (AvgIpc) is 3.01.